The molecule has 8 aromatic carbocycles. The van der Waals surface area contributed by atoms with Gasteiger partial charge in [-0.05, 0) is 57.1 Å². The molecule has 0 aliphatic carbocycles. The van der Waals surface area contributed by atoms with Crippen LogP contribution in [0.3, 0.4) is 0 Å². The summed E-state index contributed by atoms with van der Waals surface area (Å²) >= 11 is 0. The van der Waals surface area contributed by atoms with Gasteiger partial charge >= 0.3 is 0 Å². The number of benzene rings is 8. The summed E-state index contributed by atoms with van der Waals surface area (Å²) in [7, 11) is 0. The predicted molar refractivity (Wildman–Crippen MR) is 202 cm³/mol. The molecule has 0 saturated carbocycles. The third kappa shape index (κ3) is 4.00. The topological polar surface area (TPSA) is 18.1 Å². The second-order valence-electron chi connectivity index (χ2n) is 12.5. The average Bonchev–Trinajstić information content (AvgIpc) is 3.73. The summed E-state index contributed by atoms with van der Waals surface area (Å²) in [5, 5.41) is 8.40. The van der Waals surface area contributed by atoms with Gasteiger partial charge in [0.1, 0.15) is 11.3 Å². The first-order valence-electron chi connectivity index (χ1n) is 16.4. The molecule has 0 fully saturated rings. The van der Waals surface area contributed by atoms with Gasteiger partial charge in [0, 0.05) is 38.4 Å². The molecule has 0 aliphatic rings. The number of para-hydroxylation sites is 2. The summed E-state index contributed by atoms with van der Waals surface area (Å²) in [6.07, 6.45) is 0. The zero-order valence-electron chi connectivity index (χ0n) is 26.1. The SMILES string of the molecule is c1ccc(-c2ccc(-c3c(-c4cccc(-n5c6ccccc6c6ccccc65)c4)oc4c5ccccc5c5ccccc5c34)cc2)cc1. The number of aromatic nitrogens is 1. The molecule has 0 aliphatic heterocycles. The van der Waals surface area contributed by atoms with Crippen LogP contribution in [0.1, 0.15) is 0 Å². The number of furan rings is 1. The molecule has 0 bridgehead atoms. The first kappa shape index (κ1) is 26.8. The smallest absolute Gasteiger partial charge is 0.143 e. The van der Waals surface area contributed by atoms with Crippen LogP contribution >= 0.6 is 0 Å². The maximum absolute atomic E-state index is 7.11. The van der Waals surface area contributed by atoms with Crippen molar-refractivity contribution >= 4 is 54.3 Å². The van der Waals surface area contributed by atoms with Crippen molar-refractivity contribution in [2.45, 2.75) is 0 Å². The van der Waals surface area contributed by atoms with Crippen LogP contribution in [-0.4, -0.2) is 4.57 Å². The van der Waals surface area contributed by atoms with E-state index in [1.807, 2.05) is 0 Å². The van der Waals surface area contributed by atoms with E-state index in [2.05, 4.69) is 180 Å². The quantitative estimate of drug-likeness (QED) is 0.181. The van der Waals surface area contributed by atoms with Gasteiger partial charge in [0.2, 0.25) is 0 Å². The Morgan fingerprint density at radius 2 is 0.854 bits per heavy atom. The normalized spacial score (nSPS) is 11.8. The minimum absolute atomic E-state index is 0.876. The maximum atomic E-state index is 7.11. The van der Waals surface area contributed by atoms with Crippen molar-refractivity contribution in [1.82, 2.24) is 4.57 Å². The monoisotopic (exact) mass is 611 g/mol. The Bertz CT molecular complexity index is 2770. The van der Waals surface area contributed by atoms with Gasteiger partial charge in [-0.3, -0.25) is 0 Å². The summed E-state index contributed by atoms with van der Waals surface area (Å²) in [6, 6.07) is 63.0. The molecule has 0 spiro atoms. The number of hydrogen-bond donors (Lipinski definition) is 0. The largest absolute Gasteiger partial charge is 0.455 e. The van der Waals surface area contributed by atoms with Crippen molar-refractivity contribution in [1.29, 1.82) is 0 Å². The number of rotatable bonds is 4. The zero-order valence-corrected chi connectivity index (χ0v) is 26.1. The molecule has 10 aromatic rings. The van der Waals surface area contributed by atoms with Crippen LogP contribution in [0.5, 0.6) is 0 Å². The summed E-state index contributed by atoms with van der Waals surface area (Å²) in [4.78, 5) is 0. The zero-order chi connectivity index (χ0) is 31.6. The van der Waals surface area contributed by atoms with Crippen molar-refractivity contribution < 1.29 is 4.42 Å². The predicted octanol–water partition coefficient (Wildman–Crippen LogP) is 12.8. The molecule has 10 rings (SSSR count). The number of hydrogen-bond acceptors (Lipinski definition) is 1. The molecule has 2 heteroatoms. The molecule has 0 unspecified atom stereocenters. The van der Waals surface area contributed by atoms with Crippen LogP contribution in [0.15, 0.2) is 180 Å². The fourth-order valence-corrected chi connectivity index (χ4v) is 7.66. The minimum atomic E-state index is 0.876. The Morgan fingerprint density at radius 3 is 1.54 bits per heavy atom. The Hall–Kier alpha value is -6.38. The molecule has 0 atom stereocenters. The van der Waals surface area contributed by atoms with Crippen LogP contribution in [0.4, 0.5) is 0 Å². The van der Waals surface area contributed by atoms with Gasteiger partial charge < -0.3 is 8.98 Å². The van der Waals surface area contributed by atoms with E-state index in [1.54, 1.807) is 0 Å². The molecule has 48 heavy (non-hydrogen) atoms. The lowest BCUT2D eigenvalue weighted by Gasteiger charge is -2.11. The highest BCUT2D eigenvalue weighted by molar-refractivity contribution is 6.28. The highest BCUT2D eigenvalue weighted by Crippen LogP contribution is 2.48. The van der Waals surface area contributed by atoms with E-state index in [9.17, 15) is 0 Å². The Morgan fingerprint density at radius 1 is 0.354 bits per heavy atom. The second-order valence-corrected chi connectivity index (χ2v) is 12.5. The van der Waals surface area contributed by atoms with Gasteiger partial charge in [-0.2, -0.15) is 0 Å². The summed E-state index contributed by atoms with van der Waals surface area (Å²) in [5.74, 6) is 0.876. The van der Waals surface area contributed by atoms with Crippen LogP contribution in [0.25, 0.3) is 93.6 Å². The molecule has 2 nitrogen and oxygen atoms in total. The molecule has 0 amide bonds. The Labute approximate surface area is 277 Å². The lowest BCUT2D eigenvalue weighted by Crippen LogP contribution is -1.94. The first-order chi connectivity index (χ1) is 23.8. The standard InChI is InChI=1S/C46H29NO/c1-2-13-30(14-3-1)31-25-27-32(28-26-31)43-44-39-21-6-4-17-35(39)36-18-5-7-22-40(36)46(44)48-45(43)33-15-12-16-34(29-33)47-41-23-10-8-19-37(41)38-20-9-11-24-42(38)47/h1-29H. The van der Waals surface area contributed by atoms with E-state index in [0.29, 0.717) is 0 Å². The van der Waals surface area contributed by atoms with Crippen LogP contribution in [0, 0.1) is 0 Å². The minimum Gasteiger partial charge on any atom is -0.455 e. The molecular weight excluding hydrogens is 583 g/mol. The molecule has 0 saturated heterocycles. The van der Waals surface area contributed by atoms with E-state index in [-0.39, 0.29) is 0 Å². The van der Waals surface area contributed by atoms with E-state index in [0.717, 1.165) is 44.5 Å². The van der Waals surface area contributed by atoms with Crippen molar-refractivity contribution in [3.05, 3.63) is 176 Å². The van der Waals surface area contributed by atoms with Gasteiger partial charge in [-0.1, -0.05) is 152 Å². The number of fused-ring (bicyclic) bond motifs is 9. The third-order valence-electron chi connectivity index (χ3n) is 9.79. The van der Waals surface area contributed by atoms with Crippen LogP contribution in [0.2, 0.25) is 0 Å². The van der Waals surface area contributed by atoms with Gasteiger partial charge in [0.05, 0.1) is 11.0 Å². The average molecular weight is 612 g/mol. The molecule has 224 valence electrons. The second kappa shape index (κ2) is 10.6. The van der Waals surface area contributed by atoms with Crippen molar-refractivity contribution in [2.24, 2.45) is 0 Å². The molecule has 2 heterocycles. The number of nitrogens with zero attached hydrogens (tertiary/aromatic N) is 1. The Kier molecular flexibility index (Phi) is 5.91. The van der Waals surface area contributed by atoms with E-state index >= 15 is 0 Å². The highest BCUT2D eigenvalue weighted by Gasteiger charge is 2.23. The summed E-state index contributed by atoms with van der Waals surface area (Å²) < 4.78 is 9.48. The lowest BCUT2D eigenvalue weighted by molar-refractivity contribution is 0.636. The van der Waals surface area contributed by atoms with E-state index in [1.165, 1.54) is 49.1 Å². The van der Waals surface area contributed by atoms with Gasteiger partial charge in [-0.15, -0.1) is 0 Å². The van der Waals surface area contributed by atoms with Crippen molar-refractivity contribution in [3.8, 4) is 39.3 Å². The van der Waals surface area contributed by atoms with E-state index < -0.39 is 0 Å². The van der Waals surface area contributed by atoms with Crippen molar-refractivity contribution in [2.75, 3.05) is 0 Å². The van der Waals surface area contributed by atoms with E-state index in [4.69, 9.17) is 4.42 Å². The van der Waals surface area contributed by atoms with Gasteiger partial charge in [0.15, 0.2) is 0 Å². The molecular formula is C46H29NO. The van der Waals surface area contributed by atoms with Gasteiger partial charge in [-0.25, -0.2) is 0 Å². The highest BCUT2D eigenvalue weighted by atomic mass is 16.3. The Balaban J connectivity index is 1.27. The molecule has 0 N–H and O–H groups in total. The van der Waals surface area contributed by atoms with Gasteiger partial charge in [0.25, 0.3) is 0 Å². The molecule has 2 aromatic heterocycles. The first-order valence-corrected chi connectivity index (χ1v) is 16.4. The van der Waals surface area contributed by atoms with Crippen LogP contribution < -0.4 is 0 Å². The van der Waals surface area contributed by atoms with Crippen LogP contribution in [-0.2, 0) is 0 Å². The fourth-order valence-electron chi connectivity index (χ4n) is 7.66. The summed E-state index contributed by atoms with van der Waals surface area (Å²) in [5.41, 5.74) is 10.1. The maximum Gasteiger partial charge on any atom is 0.143 e. The van der Waals surface area contributed by atoms with Crippen molar-refractivity contribution in [3.63, 3.8) is 0 Å². The molecule has 0 radical (unpaired) electrons. The lowest BCUT2D eigenvalue weighted by atomic mass is 9.91. The summed E-state index contributed by atoms with van der Waals surface area (Å²) in [6.45, 7) is 0. The fraction of sp³-hybridized carbons (Fsp3) is 0. The third-order valence-corrected chi connectivity index (χ3v) is 9.79.